The van der Waals surface area contributed by atoms with Crippen molar-refractivity contribution in [1.82, 2.24) is 4.90 Å². The molecule has 3 heterocycles. The molecule has 1 fully saturated rings. The summed E-state index contributed by atoms with van der Waals surface area (Å²) in [5, 5.41) is 2.06. The first-order valence-corrected chi connectivity index (χ1v) is 9.69. The average Bonchev–Trinajstić information content (AvgIpc) is 3.23. The number of thiophene rings is 2. The zero-order chi connectivity index (χ0) is 16.4. The Morgan fingerprint density at radius 3 is 2.78 bits per heavy atom. The molecule has 23 heavy (non-hydrogen) atoms. The SMILES string of the molecule is Cc1cc(C(=O)CCC(=O)N2CCC[C@@H]2c2cccs2)c(C)s1. The largest absolute Gasteiger partial charge is 0.335 e. The Morgan fingerprint density at radius 1 is 1.30 bits per heavy atom. The summed E-state index contributed by atoms with van der Waals surface area (Å²) in [5.74, 6) is 0.200. The van der Waals surface area contributed by atoms with Gasteiger partial charge in [-0.1, -0.05) is 6.07 Å². The molecule has 122 valence electrons. The molecule has 0 unspecified atom stereocenters. The lowest BCUT2D eigenvalue weighted by Gasteiger charge is -2.23. The zero-order valence-corrected chi connectivity index (χ0v) is 15.1. The summed E-state index contributed by atoms with van der Waals surface area (Å²) in [7, 11) is 0. The van der Waals surface area contributed by atoms with Crippen LogP contribution in [0.1, 0.15) is 56.7 Å². The van der Waals surface area contributed by atoms with Crippen molar-refractivity contribution >= 4 is 34.4 Å². The Morgan fingerprint density at radius 2 is 2.13 bits per heavy atom. The van der Waals surface area contributed by atoms with Crippen LogP contribution in [0.5, 0.6) is 0 Å². The minimum Gasteiger partial charge on any atom is -0.335 e. The summed E-state index contributed by atoms with van der Waals surface area (Å²) >= 11 is 3.35. The number of aryl methyl sites for hydroxylation is 2. The molecule has 5 heteroatoms. The molecular formula is C18H21NO2S2. The topological polar surface area (TPSA) is 37.4 Å². The highest BCUT2D eigenvalue weighted by atomic mass is 32.1. The number of nitrogens with zero attached hydrogens (tertiary/aromatic N) is 1. The summed E-state index contributed by atoms with van der Waals surface area (Å²) in [6.07, 6.45) is 2.70. The minimum absolute atomic E-state index is 0.0899. The number of rotatable bonds is 5. The van der Waals surface area contributed by atoms with Crippen molar-refractivity contribution in [2.24, 2.45) is 0 Å². The molecule has 3 rings (SSSR count). The van der Waals surface area contributed by atoms with E-state index in [1.807, 2.05) is 30.9 Å². The third kappa shape index (κ3) is 3.56. The fourth-order valence-corrected chi connectivity index (χ4v) is 5.06. The fraction of sp³-hybridized carbons (Fsp3) is 0.444. The molecule has 3 nitrogen and oxygen atoms in total. The Balaban J connectivity index is 1.61. The fourth-order valence-electron chi connectivity index (χ4n) is 3.25. The number of carbonyl (C=O) groups excluding carboxylic acids is 2. The molecule has 0 aromatic carbocycles. The molecule has 1 amide bonds. The monoisotopic (exact) mass is 347 g/mol. The number of carbonyl (C=O) groups is 2. The van der Waals surface area contributed by atoms with E-state index >= 15 is 0 Å². The van der Waals surface area contributed by atoms with Gasteiger partial charge in [-0.15, -0.1) is 22.7 Å². The second-order valence-electron chi connectivity index (χ2n) is 6.01. The molecule has 2 aromatic heterocycles. The summed E-state index contributed by atoms with van der Waals surface area (Å²) in [6, 6.07) is 6.29. The van der Waals surface area contributed by atoms with E-state index in [1.54, 1.807) is 22.7 Å². The number of amides is 1. The molecule has 1 atom stereocenters. The lowest BCUT2D eigenvalue weighted by atomic mass is 10.1. The van der Waals surface area contributed by atoms with Crippen LogP contribution in [-0.4, -0.2) is 23.1 Å². The van der Waals surface area contributed by atoms with Crippen LogP contribution < -0.4 is 0 Å². The van der Waals surface area contributed by atoms with Crippen molar-refractivity contribution in [3.63, 3.8) is 0 Å². The number of Topliss-reactive ketones (excluding diaryl/α,β-unsaturated/α-hetero) is 1. The van der Waals surface area contributed by atoms with Gasteiger partial charge in [0, 0.05) is 39.6 Å². The van der Waals surface area contributed by atoms with E-state index in [9.17, 15) is 9.59 Å². The Hall–Kier alpha value is -1.46. The first kappa shape index (κ1) is 16.4. The van der Waals surface area contributed by atoms with Gasteiger partial charge in [0.25, 0.3) is 0 Å². The summed E-state index contributed by atoms with van der Waals surface area (Å²) in [5.41, 5.74) is 0.788. The molecule has 0 N–H and O–H groups in total. The van der Waals surface area contributed by atoms with E-state index in [4.69, 9.17) is 0 Å². The van der Waals surface area contributed by atoms with E-state index in [2.05, 4.69) is 11.4 Å². The van der Waals surface area contributed by atoms with Gasteiger partial charge in [0.1, 0.15) is 0 Å². The highest BCUT2D eigenvalue weighted by Crippen LogP contribution is 2.35. The van der Waals surface area contributed by atoms with Crippen molar-refractivity contribution < 1.29 is 9.59 Å². The lowest BCUT2D eigenvalue weighted by molar-refractivity contribution is -0.132. The van der Waals surface area contributed by atoms with Crippen LogP contribution in [0.25, 0.3) is 0 Å². The smallest absolute Gasteiger partial charge is 0.223 e. The van der Waals surface area contributed by atoms with Crippen LogP contribution in [0.15, 0.2) is 23.6 Å². The van der Waals surface area contributed by atoms with Crippen LogP contribution >= 0.6 is 22.7 Å². The van der Waals surface area contributed by atoms with Crippen LogP contribution in [0.3, 0.4) is 0 Å². The van der Waals surface area contributed by atoms with Gasteiger partial charge in [-0.05, 0) is 44.2 Å². The van der Waals surface area contributed by atoms with Gasteiger partial charge in [-0.2, -0.15) is 0 Å². The molecule has 2 aromatic rings. The summed E-state index contributed by atoms with van der Waals surface area (Å²) < 4.78 is 0. The molecule has 0 saturated carbocycles. The Kier molecular flexibility index (Phi) is 4.97. The predicted octanol–water partition coefficient (Wildman–Crippen LogP) is 4.75. The number of hydrogen-bond acceptors (Lipinski definition) is 4. The highest BCUT2D eigenvalue weighted by Gasteiger charge is 2.30. The second-order valence-corrected chi connectivity index (χ2v) is 8.45. The van der Waals surface area contributed by atoms with Crippen molar-refractivity contribution in [3.05, 3.63) is 43.8 Å². The molecule has 0 spiro atoms. The summed E-state index contributed by atoms with van der Waals surface area (Å²) in [6.45, 7) is 4.79. The molecular weight excluding hydrogens is 326 g/mol. The quantitative estimate of drug-likeness (QED) is 0.732. The van der Waals surface area contributed by atoms with Gasteiger partial charge >= 0.3 is 0 Å². The standard InChI is InChI=1S/C18H21NO2S2/c1-12-11-14(13(2)23-12)16(20)7-8-18(21)19-9-3-5-15(19)17-6-4-10-22-17/h4,6,10-11,15H,3,5,7-9H2,1-2H3/t15-/m1/s1. The van der Waals surface area contributed by atoms with Gasteiger partial charge < -0.3 is 4.90 Å². The molecule has 0 radical (unpaired) electrons. The van der Waals surface area contributed by atoms with E-state index in [1.165, 1.54) is 4.88 Å². The Bertz CT molecular complexity index is 703. The highest BCUT2D eigenvalue weighted by molar-refractivity contribution is 7.12. The molecule has 0 aliphatic carbocycles. The number of ketones is 1. The van der Waals surface area contributed by atoms with Crippen molar-refractivity contribution in [2.45, 2.75) is 45.6 Å². The molecule has 1 aliphatic rings. The van der Waals surface area contributed by atoms with Crippen LogP contribution in [0.2, 0.25) is 0 Å². The number of likely N-dealkylation sites (tertiary alicyclic amines) is 1. The van der Waals surface area contributed by atoms with E-state index < -0.39 is 0 Å². The minimum atomic E-state index is 0.0899. The van der Waals surface area contributed by atoms with Crippen LogP contribution in [0, 0.1) is 13.8 Å². The average molecular weight is 348 g/mol. The lowest BCUT2D eigenvalue weighted by Crippen LogP contribution is -2.30. The van der Waals surface area contributed by atoms with Crippen molar-refractivity contribution in [3.8, 4) is 0 Å². The zero-order valence-electron chi connectivity index (χ0n) is 13.5. The number of hydrogen-bond donors (Lipinski definition) is 0. The van der Waals surface area contributed by atoms with Crippen molar-refractivity contribution in [2.75, 3.05) is 6.54 Å². The van der Waals surface area contributed by atoms with Gasteiger partial charge in [-0.3, -0.25) is 9.59 Å². The molecule has 0 bridgehead atoms. The van der Waals surface area contributed by atoms with E-state index in [0.717, 1.165) is 34.7 Å². The maximum Gasteiger partial charge on any atom is 0.223 e. The van der Waals surface area contributed by atoms with E-state index in [-0.39, 0.29) is 17.7 Å². The van der Waals surface area contributed by atoms with Gasteiger partial charge in [0.2, 0.25) is 5.91 Å². The predicted molar refractivity (Wildman–Crippen MR) is 95.4 cm³/mol. The van der Waals surface area contributed by atoms with Crippen molar-refractivity contribution in [1.29, 1.82) is 0 Å². The third-order valence-electron chi connectivity index (χ3n) is 4.35. The first-order valence-electron chi connectivity index (χ1n) is 7.99. The van der Waals surface area contributed by atoms with Gasteiger partial charge in [0.05, 0.1) is 6.04 Å². The molecule has 1 saturated heterocycles. The van der Waals surface area contributed by atoms with E-state index in [0.29, 0.717) is 12.8 Å². The second kappa shape index (κ2) is 6.97. The third-order valence-corrected chi connectivity index (χ3v) is 6.29. The normalized spacial score (nSPS) is 17.7. The first-order chi connectivity index (χ1) is 11.1. The van der Waals surface area contributed by atoms with Crippen LogP contribution in [0.4, 0.5) is 0 Å². The molecule has 1 aliphatic heterocycles. The van der Waals surface area contributed by atoms with Gasteiger partial charge in [0.15, 0.2) is 5.78 Å². The maximum absolute atomic E-state index is 12.6. The Labute approximate surface area is 144 Å². The summed E-state index contributed by atoms with van der Waals surface area (Å²) in [4.78, 5) is 30.3. The maximum atomic E-state index is 12.6. The van der Waals surface area contributed by atoms with Crippen LogP contribution in [-0.2, 0) is 4.79 Å². The van der Waals surface area contributed by atoms with Gasteiger partial charge in [-0.25, -0.2) is 0 Å².